The van der Waals surface area contributed by atoms with Crippen LogP contribution in [0.25, 0.3) is 0 Å². The molecule has 2 N–H and O–H groups in total. The Bertz CT molecular complexity index is 833. The third-order valence-corrected chi connectivity index (χ3v) is 6.35. The van der Waals surface area contributed by atoms with Crippen LogP contribution in [0.5, 0.6) is 0 Å². The van der Waals surface area contributed by atoms with Crippen LogP contribution in [0.3, 0.4) is 0 Å². The molecule has 46 heavy (non-hydrogen) atoms. The van der Waals surface area contributed by atoms with Gasteiger partial charge in [0.05, 0.1) is 12.8 Å². The molecule has 0 bridgehead atoms. The molecule has 0 aromatic rings. The van der Waals surface area contributed by atoms with E-state index in [1.54, 1.807) is 41.5 Å². The van der Waals surface area contributed by atoms with Crippen LogP contribution in [0.4, 0.5) is 0 Å². The van der Waals surface area contributed by atoms with Crippen molar-refractivity contribution in [2.75, 3.05) is 13.1 Å². The first kappa shape index (κ1) is 43.8. The Labute approximate surface area is 280 Å². The normalized spacial score (nSPS) is 13.9. The number of rotatable bonds is 21. The molecule has 270 valence electrons. The van der Waals surface area contributed by atoms with E-state index in [9.17, 15) is 19.2 Å². The zero-order chi connectivity index (χ0) is 35.6. The number of carbonyl (C=O) groups excluding carboxylic acids is 4. The van der Waals surface area contributed by atoms with Gasteiger partial charge in [0.15, 0.2) is 0 Å². The molecule has 0 aromatic heterocycles. The Morgan fingerprint density at radius 1 is 0.413 bits per heavy atom. The topological polar surface area (TPSA) is 129 Å². The van der Waals surface area contributed by atoms with Crippen molar-refractivity contribution >= 4 is 23.9 Å². The molecule has 2 unspecified atom stereocenters. The Balaban J connectivity index is 4.25. The molecule has 0 saturated heterocycles. The minimum atomic E-state index is -0.725. The minimum absolute atomic E-state index is 0.0569. The van der Waals surface area contributed by atoms with Crippen molar-refractivity contribution in [1.82, 2.24) is 10.6 Å². The van der Waals surface area contributed by atoms with E-state index in [4.69, 9.17) is 18.9 Å². The standard InChI is InChI=1S/C36H68N2O8/c1-33(2,3)43-29(39)25-27(31(41)45-35(7,8)9)37-23-21-19-17-15-13-14-16-18-20-22-24-38-28(32(42)46-36(10,11)12)26-30(40)44-34(4,5)6/h27-28,37-38H,13-26H2,1-12H3. The van der Waals surface area contributed by atoms with Gasteiger partial charge in [0.1, 0.15) is 34.5 Å². The molecule has 0 aliphatic heterocycles. The van der Waals surface area contributed by atoms with E-state index < -0.39 is 58.4 Å². The summed E-state index contributed by atoms with van der Waals surface area (Å²) >= 11 is 0. The van der Waals surface area contributed by atoms with Crippen molar-refractivity contribution in [3.05, 3.63) is 0 Å². The maximum atomic E-state index is 12.7. The molecule has 0 aromatic carbocycles. The lowest BCUT2D eigenvalue weighted by Crippen LogP contribution is -2.44. The predicted octanol–water partition coefficient (Wildman–Crippen LogP) is 6.95. The Hall–Kier alpha value is -2.20. The van der Waals surface area contributed by atoms with Gasteiger partial charge in [-0.1, -0.05) is 51.4 Å². The quantitative estimate of drug-likeness (QED) is 0.0761. The zero-order valence-corrected chi connectivity index (χ0v) is 31.3. The first-order valence-corrected chi connectivity index (χ1v) is 17.3. The molecule has 0 fully saturated rings. The number of ether oxygens (including phenoxy) is 4. The van der Waals surface area contributed by atoms with Crippen molar-refractivity contribution in [3.63, 3.8) is 0 Å². The molecule has 2 atom stereocenters. The summed E-state index contributed by atoms with van der Waals surface area (Å²) in [5.41, 5.74) is -2.47. The van der Waals surface area contributed by atoms with Gasteiger partial charge in [-0.3, -0.25) is 19.2 Å². The Morgan fingerprint density at radius 3 is 0.891 bits per heavy atom. The third-order valence-electron chi connectivity index (χ3n) is 6.35. The van der Waals surface area contributed by atoms with E-state index >= 15 is 0 Å². The van der Waals surface area contributed by atoms with Crippen molar-refractivity contribution in [2.45, 2.75) is 195 Å². The largest absolute Gasteiger partial charge is 0.460 e. The molecule has 10 heteroatoms. The molecule has 0 spiro atoms. The Morgan fingerprint density at radius 2 is 0.652 bits per heavy atom. The molecule has 0 amide bonds. The molecule has 0 rings (SSSR count). The summed E-state index contributed by atoms with van der Waals surface area (Å²) in [5.74, 6) is -1.71. The average molecular weight is 657 g/mol. The lowest BCUT2D eigenvalue weighted by atomic mass is 10.1. The van der Waals surface area contributed by atoms with Crippen molar-refractivity contribution in [2.24, 2.45) is 0 Å². The highest BCUT2D eigenvalue weighted by atomic mass is 16.6. The monoisotopic (exact) mass is 656 g/mol. The van der Waals surface area contributed by atoms with Crippen LogP contribution in [-0.2, 0) is 38.1 Å². The molecule has 10 nitrogen and oxygen atoms in total. The highest BCUT2D eigenvalue weighted by Crippen LogP contribution is 2.16. The summed E-state index contributed by atoms with van der Waals surface area (Å²) in [6.45, 7) is 23.0. The lowest BCUT2D eigenvalue weighted by molar-refractivity contribution is -0.164. The first-order chi connectivity index (χ1) is 21.0. The van der Waals surface area contributed by atoms with Crippen LogP contribution < -0.4 is 10.6 Å². The van der Waals surface area contributed by atoms with E-state index in [0.717, 1.165) is 51.4 Å². The fourth-order valence-corrected chi connectivity index (χ4v) is 4.54. The second-order valence-corrected chi connectivity index (χ2v) is 16.2. The molecular formula is C36H68N2O8. The second-order valence-electron chi connectivity index (χ2n) is 16.2. The SMILES string of the molecule is CC(C)(C)OC(=O)CC(NCCCCCCCCCCCCNC(CC(=O)OC(C)(C)C)C(=O)OC(C)(C)C)C(=O)OC(C)(C)C. The van der Waals surface area contributed by atoms with Crippen molar-refractivity contribution in [3.8, 4) is 0 Å². The first-order valence-electron chi connectivity index (χ1n) is 17.3. The van der Waals surface area contributed by atoms with Gasteiger partial charge in [0.25, 0.3) is 0 Å². The average Bonchev–Trinajstić information content (AvgIpc) is 2.83. The fraction of sp³-hybridized carbons (Fsp3) is 0.889. The van der Waals surface area contributed by atoms with Gasteiger partial charge in [0.2, 0.25) is 0 Å². The maximum absolute atomic E-state index is 12.7. The molecule has 0 radical (unpaired) electrons. The van der Waals surface area contributed by atoms with Crippen LogP contribution in [0.2, 0.25) is 0 Å². The molecule has 0 aliphatic rings. The highest BCUT2D eigenvalue weighted by Gasteiger charge is 2.30. The van der Waals surface area contributed by atoms with Gasteiger partial charge in [-0.25, -0.2) is 0 Å². The lowest BCUT2D eigenvalue weighted by Gasteiger charge is -2.25. The molecule has 0 aliphatic carbocycles. The van der Waals surface area contributed by atoms with E-state index in [2.05, 4.69) is 10.6 Å². The summed E-state index contributed by atoms with van der Waals surface area (Å²) in [6, 6.07) is -1.45. The highest BCUT2D eigenvalue weighted by molar-refractivity contribution is 5.83. The number of esters is 4. The number of nitrogens with one attached hydrogen (secondary N) is 2. The number of unbranched alkanes of at least 4 members (excludes halogenated alkanes) is 9. The molecular weight excluding hydrogens is 588 g/mol. The van der Waals surface area contributed by atoms with Crippen LogP contribution in [0.1, 0.15) is 160 Å². The van der Waals surface area contributed by atoms with E-state index in [-0.39, 0.29) is 12.8 Å². The van der Waals surface area contributed by atoms with E-state index in [0.29, 0.717) is 13.1 Å². The smallest absolute Gasteiger partial charge is 0.324 e. The summed E-state index contributed by atoms with van der Waals surface area (Å²) in [6.07, 6.45) is 10.8. The van der Waals surface area contributed by atoms with E-state index in [1.807, 2.05) is 41.5 Å². The van der Waals surface area contributed by atoms with Gasteiger partial charge in [-0.15, -0.1) is 0 Å². The van der Waals surface area contributed by atoms with Gasteiger partial charge in [-0.2, -0.15) is 0 Å². The number of hydrogen-bond donors (Lipinski definition) is 2. The summed E-state index contributed by atoms with van der Waals surface area (Å²) in [7, 11) is 0. The van der Waals surface area contributed by atoms with Crippen LogP contribution in [0, 0.1) is 0 Å². The van der Waals surface area contributed by atoms with Crippen LogP contribution >= 0.6 is 0 Å². The van der Waals surface area contributed by atoms with Gasteiger partial charge in [0, 0.05) is 0 Å². The second kappa shape index (κ2) is 20.9. The maximum Gasteiger partial charge on any atom is 0.324 e. The van der Waals surface area contributed by atoms with Gasteiger partial charge < -0.3 is 29.6 Å². The third kappa shape index (κ3) is 27.0. The van der Waals surface area contributed by atoms with Crippen molar-refractivity contribution < 1.29 is 38.1 Å². The summed E-state index contributed by atoms with van der Waals surface area (Å²) in [5, 5.41) is 6.41. The van der Waals surface area contributed by atoms with Crippen LogP contribution in [0.15, 0.2) is 0 Å². The molecule has 0 heterocycles. The molecule has 0 saturated carbocycles. The Kier molecular flexibility index (Phi) is 19.9. The number of carbonyl (C=O) groups is 4. The van der Waals surface area contributed by atoms with E-state index in [1.165, 1.54) is 12.8 Å². The summed E-state index contributed by atoms with van der Waals surface area (Å²) < 4.78 is 21.8. The summed E-state index contributed by atoms with van der Waals surface area (Å²) in [4.78, 5) is 50.0. The van der Waals surface area contributed by atoms with Gasteiger partial charge in [-0.05, 0) is 109 Å². The van der Waals surface area contributed by atoms with Gasteiger partial charge >= 0.3 is 23.9 Å². The number of hydrogen-bond acceptors (Lipinski definition) is 10. The fourth-order valence-electron chi connectivity index (χ4n) is 4.54. The predicted molar refractivity (Wildman–Crippen MR) is 182 cm³/mol. The van der Waals surface area contributed by atoms with Crippen LogP contribution in [-0.4, -0.2) is 71.5 Å². The zero-order valence-electron chi connectivity index (χ0n) is 31.3. The van der Waals surface area contributed by atoms with Crippen molar-refractivity contribution in [1.29, 1.82) is 0 Å². The minimum Gasteiger partial charge on any atom is -0.460 e.